The summed E-state index contributed by atoms with van der Waals surface area (Å²) in [6, 6.07) is 4.62. The van der Waals surface area contributed by atoms with E-state index in [0.29, 0.717) is 24.7 Å². The summed E-state index contributed by atoms with van der Waals surface area (Å²) in [7, 11) is 0. The number of unbranched alkanes of at least 4 members (excludes halogenated alkanes) is 10. The number of nitrogens with zero attached hydrogens (tertiary/aromatic N) is 1. The van der Waals surface area contributed by atoms with Gasteiger partial charge in [0.05, 0.1) is 24.2 Å². The Bertz CT molecular complexity index is 519. The monoisotopic (exact) mass is 379 g/mol. The normalized spacial score (nSPS) is 10.7. The molecule has 0 saturated carbocycles. The Labute approximate surface area is 164 Å². The molecule has 0 aliphatic heterocycles. The van der Waals surface area contributed by atoms with E-state index in [9.17, 15) is 10.1 Å². The van der Waals surface area contributed by atoms with Gasteiger partial charge in [-0.25, -0.2) is 0 Å². The molecule has 0 aromatic heterocycles. The first-order valence-corrected chi connectivity index (χ1v) is 10.7. The minimum atomic E-state index is -0.394. The van der Waals surface area contributed by atoms with Crippen LogP contribution in [0.15, 0.2) is 18.2 Å². The number of hydrogen-bond acceptors (Lipinski definition) is 4. The predicted molar refractivity (Wildman–Crippen MR) is 111 cm³/mol. The van der Waals surface area contributed by atoms with Crippen LogP contribution in [0.25, 0.3) is 0 Å². The maximum atomic E-state index is 11.0. The SMILES string of the molecule is CCCCCCCCOc1ccc([N+](=O)[O-])cc1OCCCCCCCC. The zero-order chi connectivity index (χ0) is 19.7. The summed E-state index contributed by atoms with van der Waals surface area (Å²) >= 11 is 0. The van der Waals surface area contributed by atoms with E-state index in [0.717, 1.165) is 25.7 Å². The molecule has 0 atom stereocenters. The molecule has 1 aromatic rings. The Hall–Kier alpha value is -1.78. The zero-order valence-electron chi connectivity index (χ0n) is 17.2. The molecule has 0 aliphatic carbocycles. The Morgan fingerprint density at radius 1 is 0.741 bits per heavy atom. The van der Waals surface area contributed by atoms with Gasteiger partial charge >= 0.3 is 0 Å². The third kappa shape index (κ3) is 10.8. The highest BCUT2D eigenvalue weighted by molar-refractivity contribution is 5.48. The lowest BCUT2D eigenvalue weighted by Crippen LogP contribution is -2.03. The number of non-ortho nitro benzene ring substituents is 1. The molecule has 0 bridgehead atoms. The lowest BCUT2D eigenvalue weighted by molar-refractivity contribution is -0.385. The molecular formula is C22H37NO4. The molecule has 0 spiro atoms. The fourth-order valence-electron chi connectivity index (χ4n) is 2.97. The smallest absolute Gasteiger partial charge is 0.273 e. The molecule has 0 amide bonds. The van der Waals surface area contributed by atoms with Crippen molar-refractivity contribution >= 4 is 5.69 Å². The lowest BCUT2D eigenvalue weighted by atomic mass is 10.1. The minimum Gasteiger partial charge on any atom is -0.490 e. The van der Waals surface area contributed by atoms with Crippen LogP contribution in [0.3, 0.4) is 0 Å². The van der Waals surface area contributed by atoms with Crippen LogP contribution in [-0.2, 0) is 0 Å². The largest absolute Gasteiger partial charge is 0.490 e. The molecule has 5 nitrogen and oxygen atoms in total. The van der Waals surface area contributed by atoms with E-state index in [2.05, 4.69) is 13.8 Å². The second-order valence-corrected chi connectivity index (χ2v) is 7.12. The van der Waals surface area contributed by atoms with Crippen LogP contribution >= 0.6 is 0 Å². The topological polar surface area (TPSA) is 61.6 Å². The van der Waals surface area contributed by atoms with Crippen molar-refractivity contribution in [3.8, 4) is 11.5 Å². The van der Waals surface area contributed by atoms with Crippen molar-refractivity contribution in [2.75, 3.05) is 13.2 Å². The van der Waals surface area contributed by atoms with Gasteiger partial charge < -0.3 is 9.47 Å². The van der Waals surface area contributed by atoms with Crippen molar-refractivity contribution in [1.82, 2.24) is 0 Å². The molecule has 0 fully saturated rings. The number of rotatable bonds is 17. The molecule has 0 saturated heterocycles. The first kappa shape index (κ1) is 23.3. The highest BCUT2D eigenvalue weighted by atomic mass is 16.6. The predicted octanol–water partition coefficient (Wildman–Crippen LogP) is 7.07. The Morgan fingerprint density at radius 2 is 1.22 bits per heavy atom. The number of hydrogen-bond donors (Lipinski definition) is 0. The van der Waals surface area contributed by atoms with Crippen molar-refractivity contribution in [3.05, 3.63) is 28.3 Å². The van der Waals surface area contributed by atoms with Crippen LogP contribution in [0.2, 0.25) is 0 Å². The van der Waals surface area contributed by atoms with Crippen molar-refractivity contribution in [1.29, 1.82) is 0 Å². The van der Waals surface area contributed by atoms with E-state index in [1.807, 2.05) is 0 Å². The van der Waals surface area contributed by atoms with E-state index >= 15 is 0 Å². The van der Waals surface area contributed by atoms with E-state index in [-0.39, 0.29) is 5.69 Å². The van der Waals surface area contributed by atoms with Crippen molar-refractivity contribution in [3.63, 3.8) is 0 Å². The number of nitro benzene ring substituents is 1. The van der Waals surface area contributed by atoms with Crippen molar-refractivity contribution in [2.24, 2.45) is 0 Å². The first-order chi connectivity index (χ1) is 13.2. The van der Waals surface area contributed by atoms with Crippen LogP contribution in [0, 0.1) is 10.1 Å². The third-order valence-corrected chi connectivity index (χ3v) is 4.65. The zero-order valence-corrected chi connectivity index (χ0v) is 17.2. The summed E-state index contributed by atoms with van der Waals surface area (Å²) in [4.78, 5) is 10.6. The maximum Gasteiger partial charge on any atom is 0.273 e. The third-order valence-electron chi connectivity index (χ3n) is 4.65. The Morgan fingerprint density at radius 3 is 1.74 bits per heavy atom. The van der Waals surface area contributed by atoms with Gasteiger partial charge in [0.25, 0.3) is 5.69 Å². The lowest BCUT2D eigenvalue weighted by Gasteiger charge is -2.13. The number of nitro groups is 1. The molecule has 1 aromatic carbocycles. The number of benzene rings is 1. The van der Waals surface area contributed by atoms with Gasteiger partial charge in [-0.05, 0) is 18.9 Å². The van der Waals surface area contributed by atoms with Crippen LogP contribution in [-0.4, -0.2) is 18.1 Å². The standard InChI is InChI=1S/C22H37NO4/c1-3-5-7-9-11-13-17-26-21-16-15-20(23(24)25)19-22(21)27-18-14-12-10-8-6-4-2/h15-16,19H,3-14,17-18H2,1-2H3. The maximum absolute atomic E-state index is 11.0. The average Bonchev–Trinajstić information content (AvgIpc) is 2.67. The first-order valence-electron chi connectivity index (χ1n) is 10.7. The van der Waals surface area contributed by atoms with Gasteiger partial charge in [0.15, 0.2) is 11.5 Å². The van der Waals surface area contributed by atoms with Gasteiger partial charge in [0.1, 0.15) is 0 Å². The fourth-order valence-corrected chi connectivity index (χ4v) is 2.97. The fraction of sp³-hybridized carbons (Fsp3) is 0.727. The number of ether oxygens (including phenoxy) is 2. The van der Waals surface area contributed by atoms with E-state index < -0.39 is 4.92 Å². The van der Waals surface area contributed by atoms with E-state index in [1.54, 1.807) is 6.07 Å². The van der Waals surface area contributed by atoms with E-state index in [1.165, 1.54) is 63.5 Å². The second-order valence-electron chi connectivity index (χ2n) is 7.12. The highest BCUT2D eigenvalue weighted by Crippen LogP contribution is 2.32. The summed E-state index contributed by atoms with van der Waals surface area (Å²) in [5, 5.41) is 11.0. The summed E-state index contributed by atoms with van der Waals surface area (Å²) in [5.41, 5.74) is 0.0415. The molecule has 5 heteroatoms. The summed E-state index contributed by atoms with van der Waals surface area (Å²) < 4.78 is 11.7. The van der Waals surface area contributed by atoms with Gasteiger partial charge in [-0.15, -0.1) is 0 Å². The summed E-state index contributed by atoms with van der Waals surface area (Å²) in [6.45, 7) is 5.61. The summed E-state index contributed by atoms with van der Waals surface area (Å²) in [6.07, 6.45) is 14.3. The molecule has 154 valence electrons. The minimum absolute atomic E-state index is 0.0415. The van der Waals surface area contributed by atoms with Gasteiger partial charge in [0.2, 0.25) is 0 Å². The molecule has 0 N–H and O–H groups in total. The van der Waals surface area contributed by atoms with Crippen LogP contribution < -0.4 is 9.47 Å². The summed E-state index contributed by atoms with van der Waals surface area (Å²) in [5.74, 6) is 1.10. The average molecular weight is 380 g/mol. The van der Waals surface area contributed by atoms with Gasteiger partial charge in [-0.1, -0.05) is 78.1 Å². The Balaban J connectivity index is 2.42. The quantitative estimate of drug-likeness (QED) is 0.165. The van der Waals surface area contributed by atoms with Crippen LogP contribution in [0.5, 0.6) is 11.5 Å². The van der Waals surface area contributed by atoms with Gasteiger partial charge in [-0.3, -0.25) is 10.1 Å². The molecule has 0 aliphatic rings. The molecule has 1 rings (SSSR count). The van der Waals surface area contributed by atoms with Gasteiger partial charge in [0, 0.05) is 6.07 Å². The highest BCUT2D eigenvalue weighted by Gasteiger charge is 2.13. The second kappa shape index (κ2) is 15.3. The van der Waals surface area contributed by atoms with Crippen molar-refractivity contribution in [2.45, 2.75) is 90.9 Å². The van der Waals surface area contributed by atoms with E-state index in [4.69, 9.17) is 9.47 Å². The van der Waals surface area contributed by atoms with Crippen molar-refractivity contribution < 1.29 is 14.4 Å². The molecule has 0 heterocycles. The molecule has 0 radical (unpaired) electrons. The Kier molecular flexibility index (Phi) is 13.2. The van der Waals surface area contributed by atoms with Crippen LogP contribution in [0.1, 0.15) is 90.9 Å². The molecule has 0 unspecified atom stereocenters. The van der Waals surface area contributed by atoms with Crippen LogP contribution in [0.4, 0.5) is 5.69 Å². The molecular weight excluding hydrogens is 342 g/mol. The van der Waals surface area contributed by atoms with Gasteiger partial charge in [-0.2, -0.15) is 0 Å². The molecule has 27 heavy (non-hydrogen) atoms.